The molecule has 3 aromatic carbocycles. The molecule has 0 spiro atoms. The van der Waals surface area contributed by atoms with Crippen LogP contribution in [0.15, 0.2) is 66.7 Å². The number of hydrogen-bond donors (Lipinski definition) is 0. The van der Waals surface area contributed by atoms with Gasteiger partial charge in [0.2, 0.25) is 0 Å². The number of carbonyl (C=O) groups is 2. The second kappa shape index (κ2) is 10.1. The van der Waals surface area contributed by atoms with Crippen LogP contribution in [0.2, 0.25) is 0 Å². The van der Waals surface area contributed by atoms with Gasteiger partial charge in [-0.3, -0.25) is 4.79 Å². The van der Waals surface area contributed by atoms with Crippen LogP contribution < -0.4 is 0 Å². The summed E-state index contributed by atoms with van der Waals surface area (Å²) < 4.78 is 45.9. The molecular weight excluding hydrogens is 517 g/mol. The lowest BCUT2D eigenvalue weighted by atomic mass is 9.75. The molecule has 2 heterocycles. The number of alkyl halides is 3. The van der Waals surface area contributed by atoms with Crippen molar-refractivity contribution in [2.24, 2.45) is 5.92 Å². The van der Waals surface area contributed by atoms with E-state index in [1.54, 1.807) is 4.90 Å². The topological polar surface area (TPSA) is 70.4 Å². The van der Waals surface area contributed by atoms with Gasteiger partial charge in [0.15, 0.2) is 5.78 Å². The molecule has 8 heteroatoms. The summed E-state index contributed by atoms with van der Waals surface area (Å²) in [7, 11) is 0. The van der Waals surface area contributed by atoms with Gasteiger partial charge in [-0.2, -0.15) is 18.4 Å². The van der Waals surface area contributed by atoms with E-state index in [1.165, 1.54) is 0 Å². The summed E-state index contributed by atoms with van der Waals surface area (Å²) in [5.41, 5.74) is 3.30. The van der Waals surface area contributed by atoms with Gasteiger partial charge in [-0.25, -0.2) is 4.79 Å². The van der Waals surface area contributed by atoms with E-state index in [2.05, 4.69) is 24.3 Å². The Morgan fingerprint density at radius 3 is 2.10 bits per heavy atom. The van der Waals surface area contributed by atoms with Gasteiger partial charge >= 0.3 is 12.3 Å². The largest absolute Gasteiger partial charge is 0.448 e. The number of carbonyl (C=O) groups excluding carboxylic acids is 2. The standard InChI is InChI=1S/C32H27F3N2O3/c33-32(34,35)21-13-12-19(17-36)28(16-21)30(38)20-14-22-6-5-7-23(15-20)37(22)31(39)40-18-29-26-10-3-1-8-24(26)25-9-2-4-11-27(25)29/h1-4,8-13,16,20,22-23,29H,5-7,14-15,18H2. The van der Waals surface area contributed by atoms with Gasteiger partial charge in [0.05, 0.1) is 17.2 Å². The molecule has 0 N–H and O–H groups in total. The molecule has 5 nitrogen and oxygen atoms in total. The van der Waals surface area contributed by atoms with E-state index in [9.17, 15) is 28.0 Å². The maximum atomic E-state index is 13.4. The van der Waals surface area contributed by atoms with Crippen LogP contribution in [0.3, 0.4) is 0 Å². The third kappa shape index (κ3) is 4.53. The average molecular weight is 545 g/mol. The molecule has 3 aromatic rings. The van der Waals surface area contributed by atoms with Crippen molar-refractivity contribution in [3.05, 3.63) is 94.5 Å². The minimum Gasteiger partial charge on any atom is -0.448 e. The molecule has 40 heavy (non-hydrogen) atoms. The number of hydrogen-bond acceptors (Lipinski definition) is 4. The summed E-state index contributed by atoms with van der Waals surface area (Å²) >= 11 is 0. The minimum absolute atomic E-state index is 0.0675. The molecule has 2 atom stereocenters. The molecule has 1 aliphatic carbocycles. The maximum absolute atomic E-state index is 13.4. The molecule has 3 aliphatic rings. The molecule has 2 saturated heterocycles. The van der Waals surface area contributed by atoms with E-state index in [0.29, 0.717) is 25.7 Å². The van der Waals surface area contributed by atoms with Crippen LogP contribution in [-0.2, 0) is 10.9 Å². The highest BCUT2D eigenvalue weighted by Gasteiger charge is 2.45. The number of halogens is 3. The Hall–Kier alpha value is -4.12. The van der Waals surface area contributed by atoms with E-state index < -0.39 is 29.5 Å². The normalized spacial score (nSPS) is 21.8. The van der Waals surface area contributed by atoms with Crippen LogP contribution in [0.25, 0.3) is 11.1 Å². The zero-order chi connectivity index (χ0) is 28.0. The molecule has 204 valence electrons. The quantitative estimate of drug-likeness (QED) is 0.322. The zero-order valence-electron chi connectivity index (χ0n) is 21.7. The number of Topliss-reactive ketones (excluding diaryl/α,β-unsaturated/α-hetero) is 1. The van der Waals surface area contributed by atoms with Crippen molar-refractivity contribution in [1.29, 1.82) is 5.26 Å². The average Bonchev–Trinajstić information content (AvgIpc) is 3.27. The highest BCUT2D eigenvalue weighted by atomic mass is 19.4. The van der Waals surface area contributed by atoms with Crippen LogP contribution in [0, 0.1) is 17.2 Å². The van der Waals surface area contributed by atoms with Crippen molar-refractivity contribution in [3.8, 4) is 17.2 Å². The summed E-state index contributed by atoms with van der Waals surface area (Å²) in [6.45, 7) is 0.195. The lowest BCUT2D eigenvalue weighted by Gasteiger charge is -2.47. The van der Waals surface area contributed by atoms with Crippen LogP contribution >= 0.6 is 0 Å². The number of nitriles is 1. The first-order valence-electron chi connectivity index (χ1n) is 13.5. The minimum atomic E-state index is -4.62. The smallest absolute Gasteiger partial charge is 0.416 e. The second-order valence-electron chi connectivity index (χ2n) is 10.9. The molecule has 2 fully saturated rings. The van der Waals surface area contributed by atoms with Crippen molar-refractivity contribution in [3.63, 3.8) is 0 Å². The van der Waals surface area contributed by atoms with E-state index in [1.807, 2.05) is 30.3 Å². The zero-order valence-corrected chi connectivity index (χ0v) is 21.7. The third-order valence-electron chi connectivity index (χ3n) is 8.63. The number of rotatable bonds is 4. The monoisotopic (exact) mass is 544 g/mol. The second-order valence-corrected chi connectivity index (χ2v) is 10.9. The number of benzene rings is 3. The van der Waals surface area contributed by atoms with Gasteiger partial charge in [0.1, 0.15) is 6.61 Å². The van der Waals surface area contributed by atoms with Gasteiger partial charge < -0.3 is 9.64 Å². The summed E-state index contributed by atoms with van der Waals surface area (Å²) in [4.78, 5) is 28.6. The van der Waals surface area contributed by atoms with Gasteiger partial charge in [0, 0.05) is 29.5 Å². The first-order valence-corrected chi connectivity index (χ1v) is 13.5. The molecule has 2 aliphatic heterocycles. The fourth-order valence-electron chi connectivity index (χ4n) is 6.80. The first kappa shape index (κ1) is 26.1. The Balaban J connectivity index is 1.18. The van der Waals surface area contributed by atoms with E-state index in [4.69, 9.17) is 4.74 Å². The Morgan fingerprint density at radius 1 is 0.925 bits per heavy atom. The predicted octanol–water partition coefficient (Wildman–Crippen LogP) is 7.34. The van der Waals surface area contributed by atoms with Crippen molar-refractivity contribution in [2.45, 2.75) is 56.3 Å². The number of ketones is 1. The number of piperidine rings is 2. The van der Waals surface area contributed by atoms with Gasteiger partial charge in [-0.05, 0) is 72.6 Å². The molecular formula is C32H27F3N2O3. The fraction of sp³-hybridized carbons (Fsp3) is 0.344. The fourth-order valence-corrected chi connectivity index (χ4v) is 6.80. The van der Waals surface area contributed by atoms with Crippen LogP contribution in [0.1, 0.15) is 70.6 Å². The van der Waals surface area contributed by atoms with E-state index in [-0.39, 0.29) is 35.7 Å². The van der Waals surface area contributed by atoms with Crippen molar-refractivity contribution in [1.82, 2.24) is 4.90 Å². The summed E-state index contributed by atoms with van der Waals surface area (Å²) in [6, 6.07) is 20.3. The number of amides is 1. The third-order valence-corrected chi connectivity index (χ3v) is 8.63. The highest BCUT2D eigenvalue weighted by Crippen LogP contribution is 2.45. The van der Waals surface area contributed by atoms with E-state index in [0.717, 1.165) is 46.9 Å². The lowest BCUT2D eigenvalue weighted by molar-refractivity contribution is -0.137. The molecule has 0 saturated carbocycles. The Morgan fingerprint density at radius 2 is 1.52 bits per heavy atom. The molecule has 2 unspecified atom stereocenters. The highest BCUT2D eigenvalue weighted by molar-refractivity contribution is 6.00. The predicted molar refractivity (Wildman–Crippen MR) is 142 cm³/mol. The summed E-state index contributed by atoms with van der Waals surface area (Å²) in [5.74, 6) is -1.10. The van der Waals surface area contributed by atoms with Gasteiger partial charge in [-0.15, -0.1) is 0 Å². The SMILES string of the molecule is N#Cc1ccc(C(F)(F)F)cc1C(=O)C1CC2CCCC(C1)N2C(=O)OCC1c2ccccc2-c2ccccc21. The number of ether oxygens (including phenoxy) is 1. The molecule has 0 radical (unpaired) electrons. The Kier molecular flexibility index (Phi) is 6.61. The van der Waals surface area contributed by atoms with Crippen molar-refractivity contribution < 1.29 is 27.5 Å². The molecule has 0 aromatic heterocycles. The van der Waals surface area contributed by atoms with Crippen LogP contribution in [0.5, 0.6) is 0 Å². The van der Waals surface area contributed by atoms with Crippen LogP contribution in [-0.4, -0.2) is 35.5 Å². The first-order chi connectivity index (χ1) is 19.3. The van der Waals surface area contributed by atoms with Crippen molar-refractivity contribution >= 4 is 11.9 Å². The Labute approximate surface area is 230 Å². The molecule has 2 bridgehead atoms. The number of nitrogens with zero attached hydrogens (tertiary/aromatic N) is 2. The Bertz CT molecular complexity index is 1470. The van der Waals surface area contributed by atoms with Gasteiger partial charge in [-0.1, -0.05) is 48.5 Å². The van der Waals surface area contributed by atoms with Gasteiger partial charge in [0.25, 0.3) is 0 Å². The van der Waals surface area contributed by atoms with Crippen molar-refractivity contribution in [2.75, 3.05) is 6.61 Å². The van der Waals surface area contributed by atoms with Crippen LogP contribution in [0.4, 0.5) is 18.0 Å². The lowest BCUT2D eigenvalue weighted by Crippen LogP contribution is -2.56. The molecule has 1 amide bonds. The molecule has 6 rings (SSSR count). The maximum Gasteiger partial charge on any atom is 0.416 e. The summed E-state index contributed by atoms with van der Waals surface area (Å²) in [6.07, 6.45) is -2.08. The van der Waals surface area contributed by atoms with E-state index >= 15 is 0 Å². The number of fused-ring (bicyclic) bond motifs is 5. The summed E-state index contributed by atoms with van der Waals surface area (Å²) in [5, 5.41) is 9.45.